The van der Waals surface area contributed by atoms with Crippen LogP contribution in [0.4, 0.5) is 5.69 Å². The number of aromatic hydroxyl groups is 1. The molecule has 2 aromatic carbocycles. The maximum Gasteiger partial charge on any atom is 0.115 e. The molecule has 5 heteroatoms. The number of phenolic OH excluding ortho intramolecular Hbond substituents is 1. The molecule has 1 atom stereocenters. The molecule has 1 unspecified atom stereocenters. The van der Waals surface area contributed by atoms with Gasteiger partial charge in [0.05, 0.1) is 21.4 Å². The quantitative estimate of drug-likeness (QED) is 0.852. The van der Waals surface area contributed by atoms with E-state index in [2.05, 4.69) is 15.9 Å². The molecule has 0 aliphatic rings. The molecule has 0 amide bonds. The van der Waals surface area contributed by atoms with Crippen molar-refractivity contribution in [2.24, 2.45) is 0 Å². The Bertz CT molecular complexity index is 584. The molecular formula is C13H12BrNO2S. The van der Waals surface area contributed by atoms with Crippen LogP contribution in [0.15, 0.2) is 51.8 Å². The van der Waals surface area contributed by atoms with Gasteiger partial charge < -0.3 is 10.8 Å². The molecule has 18 heavy (non-hydrogen) atoms. The average Bonchev–Trinajstić information content (AvgIpc) is 2.35. The standard InChI is InChI=1S/C13H12BrNO2S/c14-10-3-6-12(15)13(7-10)18(17)8-9-1-4-11(16)5-2-9/h1-7,16H,8,15H2. The fourth-order valence-corrected chi connectivity index (χ4v) is 3.28. The highest BCUT2D eigenvalue weighted by atomic mass is 79.9. The van der Waals surface area contributed by atoms with Crippen LogP contribution in [0.25, 0.3) is 0 Å². The van der Waals surface area contributed by atoms with Crippen molar-refractivity contribution in [3.8, 4) is 5.75 Å². The molecule has 0 fully saturated rings. The van der Waals surface area contributed by atoms with Crippen LogP contribution in [-0.4, -0.2) is 9.32 Å². The lowest BCUT2D eigenvalue weighted by molar-refractivity contribution is 0.475. The van der Waals surface area contributed by atoms with Gasteiger partial charge in [-0.2, -0.15) is 0 Å². The number of nitrogen functional groups attached to an aromatic ring is 1. The normalized spacial score (nSPS) is 12.3. The Morgan fingerprint density at radius 3 is 2.50 bits per heavy atom. The predicted molar refractivity (Wildman–Crippen MR) is 76.8 cm³/mol. The summed E-state index contributed by atoms with van der Waals surface area (Å²) >= 11 is 3.34. The highest BCUT2D eigenvalue weighted by Crippen LogP contribution is 2.24. The molecule has 94 valence electrons. The minimum atomic E-state index is -1.20. The number of rotatable bonds is 3. The molecule has 0 aliphatic carbocycles. The lowest BCUT2D eigenvalue weighted by Crippen LogP contribution is -2.00. The minimum absolute atomic E-state index is 0.200. The Balaban J connectivity index is 2.21. The number of phenols is 1. The second kappa shape index (κ2) is 5.54. The molecule has 0 spiro atoms. The van der Waals surface area contributed by atoms with Gasteiger partial charge in [0.2, 0.25) is 0 Å². The third-order valence-electron chi connectivity index (χ3n) is 2.45. The first-order valence-electron chi connectivity index (χ1n) is 5.27. The molecule has 0 saturated carbocycles. The Kier molecular flexibility index (Phi) is 4.04. The molecule has 0 radical (unpaired) electrons. The van der Waals surface area contributed by atoms with Crippen molar-refractivity contribution in [3.63, 3.8) is 0 Å². The zero-order chi connectivity index (χ0) is 13.1. The first kappa shape index (κ1) is 13.1. The van der Waals surface area contributed by atoms with E-state index in [0.717, 1.165) is 10.0 Å². The van der Waals surface area contributed by atoms with Crippen molar-refractivity contribution in [2.75, 3.05) is 5.73 Å². The van der Waals surface area contributed by atoms with Crippen molar-refractivity contribution in [2.45, 2.75) is 10.6 Å². The van der Waals surface area contributed by atoms with E-state index >= 15 is 0 Å². The van der Waals surface area contributed by atoms with E-state index in [1.54, 1.807) is 36.4 Å². The summed E-state index contributed by atoms with van der Waals surface area (Å²) in [4.78, 5) is 0.623. The van der Waals surface area contributed by atoms with Gasteiger partial charge in [-0.25, -0.2) is 0 Å². The zero-order valence-corrected chi connectivity index (χ0v) is 11.9. The molecule has 0 heterocycles. The van der Waals surface area contributed by atoms with Crippen molar-refractivity contribution in [1.29, 1.82) is 0 Å². The van der Waals surface area contributed by atoms with Gasteiger partial charge >= 0.3 is 0 Å². The third-order valence-corrected chi connectivity index (χ3v) is 4.39. The van der Waals surface area contributed by atoms with Crippen molar-refractivity contribution in [3.05, 3.63) is 52.5 Å². The maximum absolute atomic E-state index is 12.2. The summed E-state index contributed by atoms with van der Waals surface area (Å²) in [6, 6.07) is 12.0. The zero-order valence-electron chi connectivity index (χ0n) is 9.47. The Morgan fingerprint density at radius 1 is 1.17 bits per heavy atom. The van der Waals surface area contributed by atoms with Crippen molar-refractivity contribution >= 4 is 32.4 Å². The van der Waals surface area contributed by atoms with Crippen LogP contribution in [0.2, 0.25) is 0 Å². The summed E-state index contributed by atoms with van der Waals surface area (Å²) in [5.74, 6) is 0.576. The summed E-state index contributed by atoms with van der Waals surface area (Å²) < 4.78 is 13.1. The van der Waals surface area contributed by atoms with Gasteiger partial charge in [-0.3, -0.25) is 4.21 Å². The van der Waals surface area contributed by atoms with E-state index in [-0.39, 0.29) is 5.75 Å². The second-order valence-electron chi connectivity index (χ2n) is 3.84. The van der Waals surface area contributed by atoms with E-state index in [4.69, 9.17) is 5.73 Å². The van der Waals surface area contributed by atoms with Gasteiger partial charge in [-0.1, -0.05) is 28.1 Å². The molecule has 0 bridgehead atoms. The van der Waals surface area contributed by atoms with E-state index < -0.39 is 10.8 Å². The van der Waals surface area contributed by atoms with Gasteiger partial charge in [0.1, 0.15) is 5.75 Å². The molecule has 3 nitrogen and oxygen atoms in total. The van der Waals surface area contributed by atoms with E-state index in [0.29, 0.717) is 16.3 Å². The minimum Gasteiger partial charge on any atom is -0.508 e. The van der Waals surface area contributed by atoms with Gasteiger partial charge in [-0.15, -0.1) is 0 Å². The Hall–Kier alpha value is -1.33. The predicted octanol–water partition coefficient (Wildman–Crippen LogP) is 3.04. The van der Waals surface area contributed by atoms with E-state index in [1.165, 1.54) is 0 Å². The highest BCUT2D eigenvalue weighted by Gasteiger charge is 2.09. The first-order chi connectivity index (χ1) is 8.56. The van der Waals surface area contributed by atoms with Crippen LogP contribution >= 0.6 is 15.9 Å². The van der Waals surface area contributed by atoms with E-state index in [9.17, 15) is 9.32 Å². The average molecular weight is 326 g/mol. The van der Waals surface area contributed by atoms with Crippen LogP contribution in [0.3, 0.4) is 0 Å². The number of hydrogen-bond donors (Lipinski definition) is 2. The lowest BCUT2D eigenvalue weighted by atomic mass is 10.2. The van der Waals surface area contributed by atoms with Crippen LogP contribution in [-0.2, 0) is 16.6 Å². The van der Waals surface area contributed by atoms with Crippen LogP contribution in [0.1, 0.15) is 5.56 Å². The molecular weight excluding hydrogens is 314 g/mol. The highest BCUT2D eigenvalue weighted by molar-refractivity contribution is 9.10. The van der Waals surface area contributed by atoms with Crippen molar-refractivity contribution < 1.29 is 9.32 Å². The summed E-state index contributed by atoms with van der Waals surface area (Å²) in [6.07, 6.45) is 0. The number of hydrogen-bond acceptors (Lipinski definition) is 3. The molecule has 0 aliphatic heterocycles. The molecule has 3 N–H and O–H groups in total. The molecule has 0 saturated heterocycles. The van der Waals surface area contributed by atoms with Crippen molar-refractivity contribution in [1.82, 2.24) is 0 Å². The van der Waals surface area contributed by atoms with Crippen LogP contribution in [0.5, 0.6) is 5.75 Å². The van der Waals surface area contributed by atoms with Gasteiger partial charge in [-0.05, 0) is 35.9 Å². The smallest absolute Gasteiger partial charge is 0.115 e. The second-order valence-corrected chi connectivity index (χ2v) is 6.17. The number of anilines is 1. The fraction of sp³-hybridized carbons (Fsp3) is 0.0769. The Labute approximate surface area is 116 Å². The summed E-state index contributed by atoms with van der Waals surface area (Å²) in [5.41, 5.74) is 7.23. The number of benzene rings is 2. The Morgan fingerprint density at radius 2 is 1.83 bits per heavy atom. The monoisotopic (exact) mass is 325 g/mol. The molecule has 0 aromatic heterocycles. The SMILES string of the molecule is Nc1ccc(Br)cc1S(=O)Cc1ccc(O)cc1. The van der Waals surface area contributed by atoms with Crippen LogP contribution in [0, 0.1) is 0 Å². The summed E-state index contributed by atoms with van der Waals surface area (Å²) in [6.45, 7) is 0. The first-order valence-corrected chi connectivity index (χ1v) is 7.39. The largest absolute Gasteiger partial charge is 0.508 e. The van der Waals surface area contributed by atoms with Crippen LogP contribution < -0.4 is 5.73 Å². The van der Waals surface area contributed by atoms with E-state index in [1.807, 2.05) is 6.07 Å². The summed E-state index contributed by atoms with van der Waals surface area (Å²) in [5, 5.41) is 9.19. The van der Waals surface area contributed by atoms with Gasteiger partial charge in [0, 0.05) is 10.2 Å². The summed E-state index contributed by atoms with van der Waals surface area (Å²) in [7, 11) is -1.20. The fourth-order valence-electron chi connectivity index (χ4n) is 1.53. The topological polar surface area (TPSA) is 63.3 Å². The maximum atomic E-state index is 12.2. The molecule has 2 aromatic rings. The number of halogens is 1. The third kappa shape index (κ3) is 3.11. The number of nitrogens with two attached hydrogens (primary N) is 1. The van der Waals surface area contributed by atoms with Gasteiger partial charge in [0.15, 0.2) is 0 Å². The lowest BCUT2D eigenvalue weighted by Gasteiger charge is -2.06. The molecule has 2 rings (SSSR count). The van der Waals surface area contributed by atoms with Gasteiger partial charge in [0.25, 0.3) is 0 Å².